The Bertz CT molecular complexity index is 1980. The van der Waals surface area contributed by atoms with Crippen molar-refractivity contribution in [3.63, 3.8) is 0 Å². The van der Waals surface area contributed by atoms with E-state index in [0.717, 1.165) is 22.6 Å². The molecule has 15 atom stereocenters. The highest BCUT2D eigenvalue weighted by Crippen LogP contribution is 2.40. The molecule has 1 saturated carbocycles. The number of aliphatic hydroxyl groups is 3. The molecule has 0 aromatic heterocycles. The maximum Gasteiger partial charge on any atom is 0.416 e. The third kappa shape index (κ3) is 13.9. The van der Waals surface area contributed by atoms with Crippen LogP contribution in [0.1, 0.15) is 129 Å². The molecule has 388 valence electrons. The standard InChI is InChI=1S/C52H76F3NO13/c1-10-35-21-29(2)20-30(3)22-44(65-8)47-45(66-9)24-32(5)51(63,69-47)48(60)49(61)56-19-12-11-16-38(56)50(62)68-46(33(6)39(57)27-40(35)58)31(4)23-34-17-18-42(43(25-34)64-7)67-28-41(59)36-14-13-15-37(26-36)52(53,54)55/h13-15,21,23,26,30,32-35,38-39,41-47,57,59,63H,10-12,16-20,22,24-25,27-28H2,1-9H3/b29-21+,31-23?. The van der Waals surface area contributed by atoms with Gasteiger partial charge in [-0.25, -0.2) is 4.79 Å². The molecule has 14 nitrogen and oxygen atoms in total. The SMILES string of the molecule is CCC1/C=C(\C)CC(C)CC(OC)C2OC(O)(C(=O)C(=O)N3CCCCC3C(=O)OC(C(C)=CC3CCC(OCC(O)c4cccc(C(F)(F)F)c4)C(OC)C3)C(C)C(O)CC1=O)C(C)CC2OC. The number of methoxy groups -OCH3 is 3. The smallest absolute Gasteiger partial charge is 0.416 e. The van der Waals surface area contributed by atoms with Crippen molar-refractivity contribution >= 4 is 23.4 Å². The van der Waals surface area contributed by atoms with Gasteiger partial charge in [-0.3, -0.25) is 14.4 Å². The molecule has 3 N–H and O–H groups in total. The fraction of sp³-hybridized carbons (Fsp3) is 0.731. The van der Waals surface area contributed by atoms with E-state index in [0.29, 0.717) is 56.9 Å². The van der Waals surface area contributed by atoms with E-state index in [1.165, 1.54) is 33.5 Å². The third-order valence-electron chi connectivity index (χ3n) is 14.9. The fourth-order valence-corrected chi connectivity index (χ4v) is 10.8. The Kier molecular flexibility index (Phi) is 20.2. The molecule has 5 rings (SSSR count). The number of halogens is 3. The number of rotatable bonds is 10. The summed E-state index contributed by atoms with van der Waals surface area (Å²) in [6, 6.07) is 3.26. The number of piperidine rings is 1. The van der Waals surface area contributed by atoms with Crippen molar-refractivity contribution < 1.29 is 76.1 Å². The molecule has 2 bridgehead atoms. The van der Waals surface area contributed by atoms with Crippen LogP contribution in [0.3, 0.4) is 0 Å². The minimum absolute atomic E-state index is 0.00935. The fourth-order valence-electron chi connectivity index (χ4n) is 10.8. The number of hydrogen-bond donors (Lipinski definition) is 3. The summed E-state index contributed by atoms with van der Waals surface area (Å²) in [6.07, 6.45) is -3.34. The van der Waals surface area contributed by atoms with Gasteiger partial charge in [0.25, 0.3) is 11.7 Å². The zero-order valence-electron chi connectivity index (χ0n) is 41.7. The van der Waals surface area contributed by atoms with Crippen LogP contribution in [0.25, 0.3) is 0 Å². The molecule has 69 heavy (non-hydrogen) atoms. The molecule has 17 heteroatoms. The van der Waals surface area contributed by atoms with Crippen molar-refractivity contribution in [1.29, 1.82) is 0 Å². The number of nitrogens with zero attached hydrogens (tertiary/aromatic N) is 1. The lowest BCUT2D eigenvalue weighted by Gasteiger charge is -2.47. The number of esters is 1. The number of cyclic esters (lactones) is 1. The summed E-state index contributed by atoms with van der Waals surface area (Å²) in [5, 5.41) is 34.7. The molecule has 0 spiro atoms. The van der Waals surface area contributed by atoms with E-state index in [2.05, 4.69) is 0 Å². The summed E-state index contributed by atoms with van der Waals surface area (Å²) in [6.45, 7) is 10.7. The number of Topliss-reactive ketones (excluding diaryl/α,β-unsaturated/α-hetero) is 2. The maximum atomic E-state index is 14.5. The lowest BCUT2D eigenvalue weighted by atomic mass is 9.81. The normalized spacial score (nSPS) is 36.7. The maximum absolute atomic E-state index is 14.5. The van der Waals surface area contributed by atoms with Gasteiger partial charge in [0.1, 0.15) is 30.1 Å². The van der Waals surface area contributed by atoms with Crippen molar-refractivity contribution in [1.82, 2.24) is 4.90 Å². The van der Waals surface area contributed by atoms with Crippen LogP contribution in [0.15, 0.2) is 47.6 Å². The Morgan fingerprint density at radius 2 is 1.62 bits per heavy atom. The number of alkyl halides is 3. The van der Waals surface area contributed by atoms with Crippen molar-refractivity contribution in [2.45, 2.75) is 179 Å². The Morgan fingerprint density at radius 3 is 2.28 bits per heavy atom. The van der Waals surface area contributed by atoms with E-state index < -0.39 is 108 Å². The predicted octanol–water partition coefficient (Wildman–Crippen LogP) is 7.25. The second-order valence-electron chi connectivity index (χ2n) is 20.1. The van der Waals surface area contributed by atoms with E-state index in [1.807, 2.05) is 32.9 Å². The molecule has 4 aliphatic rings. The number of carbonyl (C=O) groups excluding carboxylic acids is 4. The first kappa shape index (κ1) is 56.4. The summed E-state index contributed by atoms with van der Waals surface area (Å²) in [7, 11) is 4.54. The number of ether oxygens (including phenoxy) is 6. The van der Waals surface area contributed by atoms with Crippen molar-refractivity contribution in [3.05, 3.63) is 58.7 Å². The minimum atomic E-state index is -4.57. The number of aliphatic hydroxyl groups excluding tert-OH is 2. The van der Waals surface area contributed by atoms with Crippen LogP contribution in [-0.4, -0.2) is 133 Å². The molecular weight excluding hydrogens is 904 g/mol. The van der Waals surface area contributed by atoms with Gasteiger partial charge < -0.3 is 48.6 Å². The molecule has 1 aliphatic carbocycles. The zero-order valence-corrected chi connectivity index (χ0v) is 41.7. The lowest BCUT2D eigenvalue weighted by molar-refractivity contribution is -0.302. The number of amides is 1. The highest BCUT2D eigenvalue weighted by Gasteiger charge is 2.56. The first-order valence-electron chi connectivity index (χ1n) is 24.6. The molecule has 0 radical (unpaired) electrons. The number of ketones is 2. The molecule has 3 heterocycles. The predicted molar refractivity (Wildman–Crippen MR) is 248 cm³/mol. The first-order valence-corrected chi connectivity index (χ1v) is 24.6. The Morgan fingerprint density at radius 1 is 0.942 bits per heavy atom. The number of fused-ring (bicyclic) bond motifs is 3. The summed E-state index contributed by atoms with van der Waals surface area (Å²) in [4.78, 5) is 58.3. The van der Waals surface area contributed by atoms with Crippen LogP contribution < -0.4 is 0 Å². The van der Waals surface area contributed by atoms with Gasteiger partial charge in [-0.15, -0.1) is 0 Å². The van der Waals surface area contributed by atoms with Gasteiger partial charge in [-0.1, -0.05) is 57.6 Å². The number of hydrogen-bond acceptors (Lipinski definition) is 13. The van der Waals surface area contributed by atoms with E-state index >= 15 is 0 Å². The summed E-state index contributed by atoms with van der Waals surface area (Å²) >= 11 is 0. The van der Waals surface area contributed by atoms with Gasteiger partial charge in [-0.05, 0) is 113 Å². The van der Waals surface area contributed by atoms with Gasteiger partial charge in [0.15, 0.2) is 0 Å². The van der Waals surface area contributed by atoms with Crippen LogP contribution >= 0.6 is 0 Å². The minimum Gasteiger partial charge on any atom is -0.456 e. The Balaban J connectivity index is 1.43. The van der Waals surface area contributed by atoms with Crippen molar-refractivity contribution in [2.24, 2.45) is 29.6 Å². The summed E-state index contributed by atoms with van der Waals surface area (Å²) in [5.74, 6) is -8.18. The average Bonchev–Trinajstić information content (AvgIpc) is 3.32. The first-order chi connectivity index (χ1) is 32.6. The molecule has 1 aromatic carbocycles. The quantitative estimate of drug-likeness (QED) is 0.121. The Labute approximate surface area is 405 Å². The van der Waals surface area contributed by atoms with Crippen molar-refractivity contribution in [3.8, 4) is 0 Å². The number of allylic oxidation sites excluding steroid dienone is 3. The Hall–Kier alpha value is -3.55. The number of carbonyl (C=O) groups is 4. The van der Waals surface area contributed by atoms with E-state index in [4.69, 9.17) is 28.4 Å². The van der Waals surface area contributed by atoms with Gasteiger partial charge in [0, 0.05) is 52.0 Å². The zero-order chi connectivity index (χ0) is 51.0. The molecule has 1 amide bonds. The second-order valence-corrected chi connectivity index (χ2v) is 20.1. The highest BCUT2D eigenvalue weighted by molar-refractivity contribution is 6.39. The monoisotopic (exact) mass is 980 g/mol. The molecular formula is C52H76F3NO13. The lowest BCUT2D eigenvalue weighted by Crippen LogP contribution is -2.64. The van der Waals surface area contributed by atoms with Crippen LogP contribution in [0.5, 0.6) is 0 Å². The van der Waals surface area contributed by atoms with Crippen LogP contribution in [-0.2, 0) is 53.8 Å². The summed E-state index contributed by atoms with van der Waals surface area (Å²) in [5.41, 5.74) is 0.727. The molecule has 3 fully saturated rings. The average molecular weight is 980 g/mol. The molecule has 1 aromatic rings. The topological polar surface area (TPSA) is 188 Å². The van der Waals surface area contributed by atoms with Gasteiger partial charge in [-0.2, -0.15) is 13.2 Å². The van der Waals surface area contributed by atoms with Crippen LogP contribution in [0.2, 0.25) is 0 Å². The molecule has 3 aliphatic heterocycles. The van der Waals surface area contributed by atoms with Gasteiger partial charge >= 0.3 is 12.1 Å². The second kappa shape index (κ2) is 24.7. The largest absolute Gasteiger partial charge is 0.456 e. The van der Waals surface area contributed by atoms with E-state index in [-0.39, 0.29) is 55.6 Å². The molecule has 15 unspecified atom stereocenters. The van der Waals surface area contributed by atoms with Gasteiger partial charge in [0.2, 0.25) is 5.79 Å². The van der Waals surface area contributed by atoms with Crippen LogP contribution in [0, 0.1) is 29.6 Å². The third-order valence-corrected chi connectivity index (χ3v) is 14.9. The van der Waals surface area contributed by atoms with E-state index in [1.54, 1.807) is 20.8 Å². The number of benzene rings is 1. The van der Waals surface area contributed by atoms with E-state index in [9.17, 15) is 47.7 Å². The summed E-state index contributed by atoms with van der Waals surface area (Å²) < 4.78 is 76.2. The highest BCUT2D eigenvalue weighted by atomic mass is 19.4. The molecule has 2 saturated heterocycles. The van der Waals surface area contributed by atoms with Gasteiger partial charge in [0.05, 0.1) is 42.7 Å². The van der Waals surface area contributed by atoms with Crippen LogP contribution in [0.4, 0.5) is 13.2 Å². The van der Waals surface area contributed by atoms with Crippen molar-refractivity contribution in [2.75, 3.05) is 34.5 Å².